The Morgan fingerprint density at radius 3 is 2.52 bits per heavy atom. The van der Waals surface area contributed by atoms with Gasteiger partial charge in [0.05, 0.1) is 6.61 Å². The minimum Gasteiger partial charge on any atom is -0.494 e. The molecule has 0 radical (unpaired) electrons. The summed E-state index contributed by atoms with van der Waals surface area (Å²) in [4.78, 5) is 0. The maximum atomic E-state index is 12.0. The molecule has 0 aliphatic rings. The second-order valence-electron chi connectivity index (χ2n) is 4.65. The van der Waals surface area contributed by atoms with Gasteiger partial charge in [0.25, 0.3) is 0 Å². The van der Waals surface area contributed by atoms with E-state index in [1.54, 1.807) is 12.1 Å². The summed E-state index contributed by atoms with van der Waals surface area (Å²) in [7, 11) is -0.927. The van der Waals surface area contributed by atoms with Gasteiger partial charge in [-0.2, -0.15) is 0 Å². The summed E-state index contributed by atoms with van der Waals surface area (Å²) in [6, 6.07) is 14.8. The van der Waals surface area contributed by atoms with Crippen LogP contribution in [0.5, 0.6) is 5.75 Å². The molecule has 0 amide bonds. The van der Waals surface area contributed by atoms with E-state index < -0.39 is 10.8 Å². The van der Waals surface area contributed by atoms with E-state index in [1.807, 2.05) is 36.4 Å². The van der Waals surface area contributed by atoms with Crippen molar-refractivity contribution < 1.29 is 8.95 Å². The van der Waals surface area contributed by atoms with Crippen molar-refractivity contribution in [3.8, 4) is 5.75 Å². The second kappa shape index (κ2) is 8.05. The maximum Gasteiger partial charge on any atom is 0.119 e. The molecule has 112 valence electrons. The van der Waals surface area contributed by atoms with Crippen LogP contribution in [0.1, 0.15) is 12.0 Å². The van der Waals surface area contributed by atoms with Gasteiger partial charge in [-0.25, -0.2) is 0 Å². The number of halogens is 1. The number of anilines is 1. The smallest absolute Gasteiger partial charge is 0.119 e. The molecular weight excluding hydrogens is 306 g/mol. The molecule has 0 bridgehead atoms. The molecule has 0 spiro atoms. The third-order valence-electron chi connectivity index (χ3n) is 2.94. The number of ether oxygens (including phenoxy) is 1. The molecule has 2 aromatic carbocycles. The van der Waals surface area contributed by atoms with Crippen molar-refractivity contribution in [1.82, 2.24) is 0 Å². The van der Waals surface area contributed by atoms with Crippen LogP contribution in [0.2, 0.25) is 5.02 Å². The van der Waals surface area contributed by atoms with Crippen LogP contribution in [0.4, 0.5) is 5.69 Å². The molecule has 0 saturated heterocycles. The number of nitrogens with two attached hydrogens (primary N) is 1. The molecule has 1 atom stereocenters. The lowest BCUT2D eigenvalue weighted by molar-refractivity contribution is 0.318. The summed E-state index contributed by atoms with van der Waals surface area (Å²) in [6.45, 7) is 0.540. The largest absolute Gasteiger partial charge is 0.494 e. The molecular formula is C16H18ClNO2S. The molecule has 2 rings (SSSR count). The molecule has 0 saturated carbocycles. The summed E-state index contributed by atoms with van der Waals surface area (Å²) in [5, 5.41) is 0.670. The highest BCUT2D eigenvalue weighted by atomic mass is 35.5. The minimum atomic E-state index is -0.927. The summed E-state index contributed by atoms with van der Waals surface area (Å²) in [5.41, 5.74) is 7.24. The molecule has 2 N–H and O–H groups in total. The van der Waals surface area contributed by atoms with Crippen molar-refractivity contribution in [2.24, 2.45) is 0 Å². The Balaban J connectivity index is 1.70. The fourth-order valence-corrected chi connectivity index (χ4v) is 3.30. The van der Waals surface area contributed by atoms with Crippen molar-refractivity contribution in [3.63, 3.8) is 0 Å². The van der Waals surface area contributed by atoms with Gasteiger partial charge in [0.1, 0.15) is 5.75 Å². The molecule has 2 aromatic rings. The zero-order valence-electron chi connectivity index (χ0n) is 11.6. The van der Waals surface area contributed by atoms with Crippen molar-refractivity contribution in [2.45, 2.75) is 12.2 Å². The van der Waals surface area contributed by atoms with Gasteiger partial charge in [0.15, 0.2) is 0 Å². The lowest BCUT2D eigenvalue weighted by Crippen LogP contribution is -2.06. The molecule has 0 aliphatic heterocycles. The van der Waals surface area contributed by atoms with Crippen LogP contribution in [0, 0.1) is 0 Å². The highest BCUT2D eigenvalue weighted by Gasteiger charge is 2.05. The maximum absolute atomic E-state index is 12.0. The third kappa shape index (κ3) is 5.40. The van der Waals surface area contributed by atoms with Crippen molar-refractivity contribution >= 4 is 28.1 Å². The van der Waals surface area contributed by atoms with Crippen molar-refractivity contribution in [1.29, 1.82) is 0 Å². The average molecular weight is 324 g/mol. The SMILES string of the molecule is Nc1ccc(OCCCS(=O)Cc2ccccc2Cl)cc1. The van der Waals surface area contributed by atoms with Crippen molar-refractivity contribution in [2.75, 3.05) is 18.1 Å². The van der Waals surface area contributed by atoms with Crippen LogP contribution >= 0.6 is 11.6 Å². The zero-order chi connectivity index (χ0) is 15.1. The highest BCUT2D eigenvalue weighted by Crippen LogP contribution is 2.17. The van der Waals surface area contributed by atoms with E-state index in [4.69, 9.17) is 22.1 Å². The van der Waals surface area contributed by atoms with E-state index in [-0.39, 0.29) is 0 Å². The zero-order valence-corrected chi connectivity index (χ0v) is 13.2. The Morgan fingerprint density at radius 2 is 1.81 bits per heavy atom. The van der Waals surface area contributed by atoms with Crippen LogP contribution in [-0.2, 0) is 16.6 Å². The first-order valence-corrected chi connectivity index (χ1v) is 8.58. The number of benzene rings is 2. The topological polar surface area (TPSA) is 52.3 Å². The molecule has 21 heavy (non-hydrogen) atoms. The van der Waals surface area contributed by atoms with Crippen LogP contribution in [-0.4, -0.2) is 16.6 Å². The number of hydrogen-bond donors (Lipinski definition) is 1. The van der Waals surface area contributed by atoms with E-state index in [2.05, 4.69) is 0 Å². The first kappa shape index (κ1) is 15.9. The molecule has 0 heterocycles. The molecule has 0 aromatic heterocycles. The molecule has 3 nitrogen and oxygen atoms in total. The predicted octanol–water partition coefficient (Wildman–Crippen LogP) is 3.64. The standard InChI is InChI=1S/C16H18ClNO2S/c17-16-5-2-1-4-13(16)12-21(19)11-3-10-20-15-8-6-14(18)7-9-15/h1-2,4-9H,3,10-12,18H2. The Labute approximate surface area is 132 Å². The summed E-state index contributed by atoms with van der Waals surface area (Å²) in [5.74, 6) is 1.86. The quantitative estimate of drug-likeness (QED) is 0.625. The lowest BCUT2D eigenvalue weighted by atomic mass is 10.2. The summed E-state index contributed by atoms with van der Waals surface area (Å²) >= 11 is 6.05. The summed E-state index contributed by atoms with van der Waals surface area (Å²) in [6.07, 6.45) is 0.738. The molecule has 0 fully saturated rings. The van der Waals surface area contributed by atoms with Gasteiger partial charge >= 0.3 is 0 Å². The lowest BCUT2D eigenvalue weighted by Gasteiger charge is -2.07. The van der Waals surface area contributed by atoms with E-state index in [1.165, 1.54) is 0 Å². The van der Waals surface area contributed by atoms with Gasteiger partial charge in [-0.3, -0.25) is 4.21 Å². The number of rotatable bonds is 7. The van der Waals surface area contributed by atoms with Crippen LogP contribution in [0.3, 0.4) is 0 Å². The van der Waals surface area contributed by atoms with E-state index in [9.17, 15) is 4.21 Å². The first-order chi connectivity index (χ1) is 10.1. The molecule has 1 unspecified atom stereocenters. The number of hydrogen-bond acceptors (Lipinski definition) is 3. The summed E-state index contributed by atoms with van der Waals surface area (Å²) < 4.78 is 17.6. The number of nitrogen functional groups attached to an aromatic ring is 1. The second-order valence-corrected chi connectivity index (χ2v) is 6.63. The molecule has 0 aliphatic carbocycles. The van der Waals surface area contributed by atoms with Gasteiger partial charge < -0.3 is 10.5 Å². The highest BCUT2D eigenvalue weighted by molar-refractivity contribution is 7.84. The van der Waals surface area contributed by atoms with Crippen molar-refractivity contribution in [3.05, 3.63) is 59.1 Å². The van der Waals surface area contributed by atoms with E-state index in [0.29, 0.717) is 28.8 Å². The van der Waals surface area contributed by atoms with Crippen LogP contribution in [0.25, 0.3) is 0 Å². The normalized spacial score (nSPS) is 12.0. The van der Waals surface area contributed by atoms with Gasteiger partial charge in [-0.1, -0.05) is 29.8 Å². The Morgan fingerprint density at radius 1 is 1.10 bits per heavy atom. The van der Waals surface area contributed by atoms with Gasteiger partial charge in [0, 0.05) is 33.0 Å². The van der Waals surface area contributed by atoms with Gasteiger partial charge in [-0.05, 0) is 42.3 Å². The monoisotopic (exact) mass is 323 g/mol. The fourth-order valence-electron chi connectivity index (χ4n) is 1.84. The van der Waals surface area contributed by atoms with Crippen LogP contribution < -0.4 is 10.5 Å². The fraction of sp³-hybridized carbons (Fsp3) is 0.250. The average Bonchev–Trinajstić information content (AvgIpc) is 2.48. The Hall–Kier alpha value is -1.52. The first-order valence-electron chi connectivity index (χ1n) is 6.72. The third-order valence-corrected chi connectivity index (χ3v) is 4.69. The predicted molar refractivity (Wildman–Crippen MR) is 89.1 cm³/mol. The van der Waals surface area contributed by atoms with E-state index in [0.717, 1.165) is 17.7 Å². The van der Waals surface area contributed by atoms with E-state index >= 15 is 0 Å². The van der Waals surface area contributed by atoms with Crippen LogP contribution in [0.15, 0.2) is 48.5 Å². The molecule has 5 heteroatoms. The Kier molecular flexibility index (Phi) is 6.08. The van der Waals surface area contributed by atoms with Gasteiger partial charge in [-0.15, -0.1) is 0 Å². The minimum absolute atomic E-state index is 0.488. The Bertz CT molecular complexity index is 601. The van der Waals surface area contributed by atoms with Gasteiger partial charge in [0.2, 0.25) is 0 Å².